The van der Waals surface area contributed by atoms with Crippen molar-refractivity contribution in [1.29, 1.82) is 0 Å². The molecule has 3 rings (SSSR count). The number of sulfonamides is 1. The molecule has 0 aliphatic rings. The number of fused-ring (bicyclic) bond motifs is 1. The van der Waals surface area contributed by atoms with Gasteiger partial charge in [0.15, 0.2) is 0 Å². The summed E-state index contributed by atoms with van der Waals surface area (Å²) >= 11 is 1.38. The summed E-state index contributed by atoms with van der Waals surface area (Å²) in [6.07, 6.45) is 1.45. The summed E-state index contributed by atoms with van der Waals surface area (Å²) in [6.45, 7) is 2.22. The fraction of sp³-hybridized carbons (Fsp3) is 0.316. The first-order valence-corrected chi connectivity index (χ1v) is 11.5. The van der Waals surface area contributed by atoms with Crippen LogP contribution in [0, 0.1) is 0 Å². The predicted molar refractivity (Wildman–Crippen MR) is 116 cm³/mol. The van der Waals surface area contributed by atoms with Gasteiger partial charge in [-0.3, -0.25) is 14.2 Å². The molecule has 2 heterocycles. The van der Waals surface area contributed by atoms with Crippen molar-refractivity contribution in [2.45, 2.75) is 24.8 Å². The van der Waals surface area contributed by atoms with Crippen molar-refractivity contribution >= 4 is 43.2 Å². The minimum Gasteiger partial charge on any atom is -0.492 e. The number of anilines is 1. The molecule has 0 spiro atoms. The monoisotopic (exact) mass is 450 g/mol. The Morgan fingerprint density at radius 2 is 2.07 bits per heavy atom. The molecule has 9 nitrogen and oxygen atoms in total. The summed E-state index contributed by atoms with van der Waals surface area (Å²) in [7, 11) is -0.914. The molecule has 1 amide bonds. The lowest BCUT2D eigenvalue weighted by molar-refractivity contribution is -0.116. The molecule has 3 aromatic rings. The van der Waals surface area contributed by atoms with E-state index in [2.05, 4.69) is 10.3 Å². The van der Waals surface area contributed by atoms with Gasteiger partial charge >= 0.3 is 0 Å². The van der Waals surface area contributed by atoms with Crippen LogP contribution in [0.3, 0.4) is 0 Å². The molecular formula is C19H22N4O5S2. The average molecular weight is 451 g/mol. The van der Waals surface area contributed by atoms with E-state index in [9.17, 15) is 18.0 Å². The SMILES string of the molecule is CCOc1ccc(NC(=O)CCn2cnc3sccc3c2=O)cc1S(=O)(=O)N(C)C. The molecule has 0 bridgehead atoms. The summed E-state index contributed by atoms with van der Waals surface area (Å²) in [6, 6.07) is 6.15. The minimum absolute atomic E-state index is 0.0280. The van der Waals surface area contributed by atoms with Gasteiger partial charge in [-0.2, -0.15) is 0 Å². The van der Waals surface area contributed by atoms with E-state index >= 15 is 0 Å². The van der Waals surface area contributed by atoms with Gasteiger partial charge < -0.3 is 10.1 Å². The second kappa shape index (κ2) is 8.94. The maximum atomic E-state index is 12.6. The van der Waals surface area contributed by atoms with Crippen LogP contribution in [0.15, 0.2) is 45.7 Å². The fourth-order valence-corrected chi connectivity index (χ4v) is 4.53. The number of aromatic nitrogens is 2. The quantitative estimate of drug-likeness (QED) is 0.563. The molecule has 0 unspecified atom stereocenters. The molecule has 0 aliphatic heterocycles. The van der Waals surface area contributed by atoms with E-state index < -0.39 is 10.0 Å². The Kier molecular flexibility index (Phi) is 6.54. The number of hydrogen-bond donors (Lipinski definition) is 1. The van der Waals surface area contributed by atoms with E-state index in [0.29, 0.717) is 22.5 Å². The van der Waals surface area contributed by atoms with Crippen LogP contribution in [-0.2, 0) is 21.4 Å². The molecule has 11 heteroatoms. The molecule has 1 aromatic carbocycles. The van der Waals surface area contributed by atoms with Gasteiger partial charge in [0.25, 0.3) is 5.56 Å². The van der Waals surface area contributed by atoms with E-state index in [0.717, 1.165) is 4.31 Å². The number of amides is 1. The van der Waals surface area contributed by atoms with Crippen molar-refractivity contribution in [3.05, 3.63) is 46.3 Å². The van der Waals surface area contributed by atoms with Crippen LogP contribution in [-0.4, -0.2) is 48.9 Å². The van der Waals surface area contributed by atoms with Gasteiger partial charge in [-0.15, -0.1) is 11.3 Å². The van der Waals surface area contributed by atoms with Crippen LogP contribution in [0.4, 0.5) is 5.69 Å². The lowest BCUT2D eigenvalue weighted by Gasteiger charge is -2.16. The molecule has 1 N–H and O–H groups in total. The lowest BCUT2D eigenvalue weighted by atomic mass is 10.3. The Bertz CT molecular complexity index is 1230. The van der Waals surface area contributed by atoms with E-state index in [1.807, 2.05) is 0 Å². The summed E-state index contributed by atoms with van der Waals surface area (Å²) in [4.78, 5) is 29.6. The predicted octanol–water partition coefficient (Wildman–Crippen LogP) is 2.14. The van der Waals surface area contributed by atoms with Crippen LogP contribution in [0.5, 0.6) is 5.75 Å². The number of hydrogen-bond acceptors (Lipinski definition) is 7. The number of nitrogens with zero attached hydrogens (tertiary/aromatic N) is 3. The zero-order chi connectivity index (χ0) is 21.9. The first-order valence-electron chi connectivity index (χ1n) is 9.16. The third-order valence-corrected chi connectivity index (χ3v) is 6.97. The van der Waals surface area contributed by atoms with Crippen LogP contribution in [0.1, 0.15) is 13.3 Å². The van der Waals surface area contributed by atoms with Crippen molar-refractivity contribution in [2.24, 2.45) is 0 Å². The lowest BCUT2D eigenvalue weighted by Crippen LogP contribution is -2.24. The molecule has 0 fully saturated rings. The fourth-order valence-electron chi connectivity index (χ4n) is 2.76. The first-order chi connectivity index (χ1) is 14.2. The molecule has 0 saturated carbocycles. The van der Waals surface area contributed by atoms with Crippen LogP contribution >= 0.6 is 11.3 Å². The second-order valence-corrected chi connectivity index (χ2v) is 9.58. The zero-order valence-electron chi connectivity index (χ0n) is 16.8. The zero-order valence-corrected chi connectivity index (χ0v) is 18.4. The number of benzene rings is 1. The Balaban J connectivity index is 1.76. The number of nitrogens with one attached hydrogen (secondary N) is 1. The third-order valence-electron chi connectivity index (χ3n) is 4.32. The highest BCUT2D eigenvalue weighted by molar-refractivity contribution is 7.89. The van der Waals surface area contributed by atoms with E-state index in [-0.39, 0.29) is 35.1 Å². The Morgan fingerprint density at radius 3 is 2.77 bits per heavy atom. The van der Waals surface area contributed by atoms with Gasteiger partial charge in [0.05, 0.1) is 18.3 Å². The van der Waals surface area contributed by atoms with Crippen LogP contribution < -0.4 is 15.6 Å². The smallest absolute Gasteiger partial charge is 0.262 e. The van der Waals surface area contributed by atoms with Crippen molar-refractivity contribution in [2.75, 3.05) is 26.0 Å². The first kappa shape index (κ1) is 21.9. The summed E-state index contributed by atoms with van der Waals surface area (Å²) in [5, 5.41) is 4.99. The molecule has 160 valence electrons. The average Bonchev–Trinajstić information content (AvgIpc) is 3.18. The van der Waals surface area contributed by atoms with E-state index in [4.69, 9.17) is 4.74 Å². The number of carbonyl (C=O) groups excluding carboxylic acids is 1. The number of aryl methyl sites for hydroxylation is 1. The molecule has 0 radical (unpaired) electrons. The van der Waals surface area contributed by atoms with Crippen molar-refractivity contribution in [3.8, 4) is 5.75 Å². The number of ether oxygens (including phenoxy) is 1. The van der Waals surface area contributed by atoms with Gasteiger partial charge in [-0.25, -0.2) is 17.7 Å². The van der Waals surface area contributed by atoms with Gasteiger partial charge in [-0.05, 0) is 36.6 Å². The molecule has 0 aliphatic carbocycles. The minimum atomic E-state index is -3.76. The largest absolute Gasteiger partial charge is 0.492 e. The Morgan fingerprint density at radius 1 is 1.30 bits per heavy atom. The van der Waals surface area contributed by atoms with Crippen LogP contribution in [0.25, 0.3) is 10.2 Å². The second-order valence-electron chi connectivity index (χ2n) is 6.56. The summed E-state index contributed by atoms with van der Waals surface area (Å²) < 4.78 is 33.1. The highest BCUT2D eigenvalue weighted by atomic mass is 32.2. The number of carbonyl (C=O) groups is 1. The molecule has 30 heavy (non-hydrogen) atoms. The number of rotatable bonds is 8. The van der Waals surface area contributed by atoms with Crippen LogP contribution in [0.2, 0.25) is 0 Å². The molecule has 2 aromatic heterocycles. The molecule has 0 saturated heterocycles. The van der Waals surface area contributed by atoms with Crippen molar-refractivity contribution < 1.29 is 17.9 Å². The van der Waals surface area contributed by atoms with Crippen molar-refractivity contribution in [3.63, 3.8) is 0 Å². The Hall–Kier alpha value is -2.76. The standard InChI is InChI=1S/C19H22N4O5S2/c1-4-28-15-6-5-13(11-16(15)30(26,27)22(2)3)21-17(24)7-9-23-12-20-18-14(19(23)25)8-10-29-18/h5-6,8,10-12H,4,7,9H2,1-3H3,(H,21,24). The van der Waals surface area contributed by atoms with Crippen molar-refractivity contribution in [1.82, 2.24) is 13.9 Å². The maximum absolute atomic E-state index is 12.6. The van der Waals surface area contributed by atoms with Gasteiger partial charge in [0, 0.05) is 32.7 Å². The summed E-state index contributed by atoms with van der Waals surface area (Å²) in [5.41, 5.74) is 0.122. The maximum Gasteiger partial charge on any atom is 0.262 e. The molecule has 0 atom stereocenters. The Labute approximate surface area is 178 Å². The molecular weight excluding hydrogens is 428 g/mol. The van der Waals surface area contributed by atoms with Gasteiger partial charge in [0.1, 0.15) is 15.5 Å². The highest BCUT2D eigenvalue weighted by Crippen LogP contribution is 2.29. The topological polar surface area (TPSA) is 111 Å². The normalized spacial score (nSPS) is 11.7. The highest BCUT2D eigenvalue weighted by Gasteiger charge is 2.23. The van der Waals surface area contributed by atoms with E-state index in [1.54, 1.807) is 24.4 Å². The third kappa shape index (κ3) is 4.53. The number of thiophene rings is 1. The van der Waals surface area contributed by atoms with Gasteiger partial charge in [0.2, 0.25) is 15.9 Å². The van der Waals surface area contributed by atoms with E-state index in [1.165, 1.54) is 48.5 Å². The summed E-state index contributed by atoms with van der Waals surface area (Å²) in [5.74, 6) is -0.143. The van der Waals surface area contributed by atoms with Gasteiger partial charge in [-0.1, -0.05) is 0 Å².